The molecule has 2 aromatic carbocycles. The topological polar surface area (TPSA) is 73.0 Å². The number of rotatable bonds is 7. The van der Waals surface area contributed by atoms with Crippen molar-refractivity contribution in [3.05, 3.63) is 59.7 Å². The maximum atomic E-state index is 12.9. The van der Waals surface area contributed by atoms with E-state index in [4.69, 9.17) is 0 Å². The zero-order valence-electron chi connectivity index (χ0n) is 19.3. The van der Waals surface area contributed by atoms with Crippen molar-refractivity contribution in [2.24, 2.45) is 0 Å². The molecule has 1 saturated heterocycles. The van der Waals surface area contributed by atoms with Crippen molar-refractivity contribution in [1.29, 1.82) is 0 Å². The Kier molecular flexibility index (Phi) is 8.02. The van der Waals surface area contributed by atoms with Gasteiger partial charge in [-0.25, -0.2) is 12.7 Å². The second-order valence-electron chi connectivity index (χ2n) is 8.49. The molecule has 0 bridgehead atoms. The fourth-order valence-electron chi connectivity index (χ4n) is 3.77. The molecule has 1 atom stereocenters. The number of nitrogens with zero attached hydrogens (tertiary/aromatic N) is 3. The van der Waals surface area contributed by atoms with Gasteiger partial charge in [0.25, 0.3) is 0 Å². The smallest absolute Gasteiger partial charge is 0.325 e. The molecule has 7 nitrogen and oxygen atoms in total. The molecule has 0 aromatic heterocycles. The van der Waals surface area contributed by atoms with Gasteiger partial charge < -0.3 is 5.32 Å². The van der Waals surface area contributed by atoms with E-state index in [1.54, 1.807) is 25.1 Å². The van der Waals surface area contributed by atoms with Crippen molar-refractivity contribution in [2.75, 3.05) is 45.6 Å². The Morgan fingerprint density at radius 2 is 1.71 bits per heavy atom. The lowest BCUT2D eigenvalue weighted by Crippen LogP contribution is -2.52. The minimum Gasteiger partial charge on any atom is -0.325 e. The van der Waals surface area contributed by atoms with Crippen LogP contribution < -0.4 is 5.32 Å². The van der Waals surface area contributed by atoms with Crippen LogP contribution in [0, 0.1) is 0 Å². The number of hydrogen-bond acceptors (Lipinski definition) is 5. The van der Waals surface area contributed by atoms with Crippen LogP contribution in [0.2, 0.25) is 0 Å². The summed E-state index contributed by atoms with van der Waals surface area (Å²) < 4.78 is 64.6. The molecule has 1 amide bonds. The van der Waals surface area contributed by atoms with Crippen LogP contribution in [0.5, 0.6) is 0 Å². The van der Waals surface area contributed by atoms with Crippen LogP contribution in [0.25, 0.3) is 0 Å². The number of halogens is 3. The lowest BCUT2D eigenvalue weighted by atomic mass is 10.1. The van der Waals surface area contributed by atoms with Gasteiger partial charge in [-0.05, 0) is 36.8 Å². The van der Waals surface area contributed by atoms with E-state index in [2.05, 4.69) is 10.2 Å². The SMILES string of the molecule is CC(C(=O)Nc1cccc(S(=O)(=O)N(C)C)c1)N1CCN(Cc2cccc(C(F)(F)F)c2)CC1. The number of sulfonamides is 1. The van der Waals surface area contributed by atoms with Gasteiger partial charge in [0.1, 0.15) is 0 Å². The summed E-state index contributed by atoms with van der Waals surface area (Å²) in [5.41, 5.74) is 0.334. The first-order chi connectivity index (χ1) is 15.9. The van der Waals surface area contributed by atoms with E-state index < -0.39 is 27.8 Å². The van der Waals surface area contributed by atoms with Crippen LogP contribution in [0.15, 0.2) is 53.4 Å². The summed E-state index contributed by atoms with van der Waals surface area (Å²) in [7, 11) is -0.736. The summed E-state index contributed by atoms with van der Waals surface area (Å²) in [4.78, 5) is 16.9. The first-order valence-electron chi connectivity index (χ1n) is 10.8. The minimum absolute atomic E-state index is 0.0890. The molecule has 1 heterocycles. The van der Waals surface area contributed by atoms with Gasteiger partial charge in [-0.15, -0.1) is 0 Å². The fourth-order valence-corrected chi connectivity index (χ4v) is 4.72. The molecule has 2 aromatic rings. The van der Waals surface area contributed by atoms with Crippen molar-refractivity contribution >= 4 is 21.6 Å². The second-order valence-corrected chi connectivity index (χ2v) is 10.6. The molecule has 34 heavy (non-hydrogen) atoms. The molecular weight excluding hydrogens is 469 g/mol. The number of piperazine rings is 1. The average molecular weight is 499 g/mol. The van der Waals surface area contributed by atoms with Crippen LogP contribution >= 0.6 is 0 Å². The van der Waals surface area contributed by atoms with Gasteiger partial charge in [0.2, 0.25) is 15.9 Å². The quantitative estimate of drug-likeness (QED) is 0.635. The third-order valence-electron chi connectivity index (χ3n) is 5.87. The molecule has 1 N–H and O–H groups in total. The van der Waals surface area contributed by atoms with E-state index in [-0.39, 0.29) is 10.8 Å². The van der Waals surface area contributed by atoms with Crippen LogP contribution in [0.1, 0.15) is 18.1 Å². The molecule has 11 heteroatoms. The lowest BCUT2D eigenvalue weighted by molar-refractivity contribution is -0.137. The summed E-state index contributed by atoms with van der Waals surface area (Å²) in [5, 5.41) is 2.78. The molecular formula is C23H29F3N4O3S. The Balaban J connectivity index is 1.56. The number of hydrogen-bond donors (Lipinski definition) is 1. The first kappa shape index (κ1) is 26.1. The Bertz CT molecular complexity index is 1110. The molecule has 0 radical (unpaired) electrons. The highest BCUT2D eigenvalue weighted by Gasteiger charge is 2.31. The zero-order chi connectivity index (χ0) is 25.1. The van der Waals surface area contributed by atoms with Gasteiger partial charge in [0, 0.05) is 52.5 Å². The van der Waals surface area contributed by atoms with Crippen LogP contribution in [-0.2, 0) is 27.5 Å². The van der Waals surface area contributed by atoms with Crippen LogP contribution in [-0.4, -0.2) is 74.7 Å². The van der Waals surface area contributed by atoms with E-state index in [1.807, 2.05) is 4.90 Å². The predicted molar refractivity (Wildman–Crippen MR) is 124 cm³/mol. The second kappa shape index (κ2) is 10.4. The van der Waals surface area contributed by atoms with Crippen LogP contribution in [0.3, 0.4) is 0 Å². The van der Waals surface area contributed by atoms with Gasteiger partial charge in [-0.2, -0.15) is 13.2 Å². The third kappa shape index (κ3) is 6.35. The number of amides is 1. The summed E-state index contributed by atoms with van der Waals surface area (Å²) in [6, 6.07) is 11.0. The Morgan fingerprint density at radius 1 is 1.06 bits per heavy atom. The Morgan fingerprint density at radius 3 is 2.32 bits per heavy atom. The standard InChI is InChI=1S/C23H29F3N4O3S/c1-17(22(31)27-20-8-5-9-21(15-20)34(32,33)28(2)3)30-12-10-29(11-13-30)16-18-6-4-7-19(14-18)23(24,25)26/h4-9,14-15,17H,10-13,16H2,1-3H3,(H,27,31). The number of carbonyl (C=O) groups is 1. The van der Waals surface area contributed by atoms with Gasteiger partial charge >= 0.3 is 6.18 Å². The summed E-state index contributed by atoms with van der Waals surface area (Å²) in [5.74, 6) is -0.259. The highest BCUT2D eigenvalue weighted by molar-refractivity contribution is 7.89. The van der Waals surface area contributed by atoms with Gasteiger partial charge in [0.05, 0.1) is 16.5 Å². The van der Waals surface area contributed by atoms with E-state index >= 15 is 0 Å². The van der Waals surface area contributed by atoms with Crippen LogP contribution in [0.4, 0.5) is 18.9 Å². The molecule has 186 valence electrons. The molecule has 1 fully saturated rings. The van der Waals surface area contributed by atoms with Crippen molar-refractivity contribution in [3.8, 4) is 0 Å². The largest absolute Gasteiger partial charge is 0.416 e. The zero-order valence-corrected chi connectivity index (χ0v) is 20.2. The van der Waals surface area contributed by atoms with E-state index in [9.17, 15) is 26.4 Å². The molecule has 1 aliphatic heterocycles. The number of carbonyl (C=O) groups excluding carboxylic acids is 1. The monoisotopic (exact) mass is 498 g/mol. The van der Waals surface area contributed by atoms with E-state index in [1.165, 1.54) is 38.4 Å². The summed E-state index contributed by atoms with van der Waals surface area (Å²) in [6.45, 7) is 4.59. The number of nitrogens with one attached hydrogen (secondary N) is 1. The Labute approximate surface area is 198 Å². The van der Waals surface area contributed by atoms with Gasteiger partial charge in [-0.3, -0.25) is 14.6 Å². The van der Waals surface area contributed by atoms with Crippen molar-refractivity contribution < 1.29 is 26.4 Å². The normalized spacial score (nSPS) is 17.0. The first-order valence-corrected chi connectivity index (χ1v) is 12.3. The molecule has 0 spiro atoms. The highest BCUT2D eigenvalue weighted by atomic mass is 32.2. The summed E-state index contributed by atoms with van der Waals surface area (Å²) in [6.07, 6.45) is -4.37. The summed E-state index contributed by atoms with van der Waals surface area (Å²) >= 11 is 0. The van der Waals surface area contributed by atoms with E-state index in [0.29, 0.717) is 44.0 Å². The third-order valence-corrected chi connectivity index (χ3v) is 7.69. The number of alkyl halides is 3. The minimum atomic E-state index is -4.37. The highest BCUT2D eigenvalue weighted by Crippen LogP contribution is 2.30. The number of benzene rings is 2. The predicted octanol–water partition coefficient (Wildman–Crippen LogP) is 3.10. The van der Waals surface area contributed by atoms with Crippen molar-refractivity contribution in [1.82, 2.24) is 14.1 Å². The maximum Gasteiger partial charge on any atom is 0.416 e. The van der Waals surface area contributed by atoms with Crippen molar-refractivity contribution in [2.45, 2.75) is 30.6 Å². The fraction of sp³-hybridized carbons (Fsp3) is 0.435. The Hall–Kier alpha value is -2.47. The van der Waals surface area contributed by atoms with Crippen molar-refractivity contribution in [3.63, 3.8) is 0 Å². The molecule has 0 aliphatic carbocycles. The van der Waals surface area contributed by atoms with E-state index in [0.717, 1.165) is 10.4 Å². The molecule has 1 aliphatic rings. The van der Waals surface area contributed by atoms with Gasteiger partial charge in [0.15, 0.2) is 0 Å². The van der Waals surface area contributed by atoms with Gasteiger partial charge in [-0.1, -0.05) is 24.3 Å². The maximum absolute atomic E-state index is 12.9. The molecule has 0 saturated carbocycles. The lowest BCUT2D eigenvalue weighted by Gasteiger charge is -2.37. The molecule has 1 unspecified atom stereocenters. The number of anilines is 1. The molecule has 3 rings (SSSR count). The average Bonchev–Trinajstić information content (AvgIpc) is 2.79.